The van der Waals surface area contributed by atoms with E-state index in [0.717, 1.165) is 5.56 Å². The molecule has 26 heavy (non-hydrogen) atoms. The molecular formula is C18H16ClNO6. The molecule has 0 radical (unpaired) electrons. The molecule has 0 spiro atoms. The van der Waals surface area contributed by atoms with Crippen LogP contribution >= 0.6 is 11.6 Å². The molecule has 1 amide bonds. The highest BCUT2D eigenvalue weighted by atomic mass is 35.5. The molecule has 0 bridgehead atoms. The zero-order valence-electron chi connectivity index (χ0n) is 13.9. The maximum atomic E-state index is 12.5. The van der Waals surface area contributed by atoms with Crippen molar-refractivity contribution in [1.82, 2.24) is 5.32 Å². The van der Waals surface area contributed by atoms with Crippen molar-refractivity contribution in [2.24, 2.45) is 0 Å². The summed E-state index contributed by atoms with van der Waals surface area (Å²) >= 11 is 5.47. The second kappa shape index (κ2) is 7.97. The summed E-state index contributed by atoms with van der Waals surface area (Å²) < 4.78 is 20.8. The van der Waals surface area contributed by atoms with Gasteiger partial charge in [-0.25, -0.2) is 0 Å². The largest absolute Gasteiger partial charge is 0.497 e. The minimum Gasteiger partial charge on any atom is -0.497 e. The Morgan fingerprint density at radius 1 is 1.15 bits per heavy atom. The average Bonchev–Trinajstić information content (AvgIpc) is 3.13. The predicted octanol–water partition coefficient (Wildman–Crippen LogP) is 2.50. The molecule has 0 saturated heterocycles. The summed E-state index contributed by atoms with van der Waals surface area (Å²) in [6, 6.07) is 9.99. The number of hydrogen-bond acceptors (Lipinski definition) is 6. The van der Waals surface area contributed by atoms with E-state index in [1.165, 1.54) is 19.2 Å². The first-order valence-corrected chi connectivity index (χ1v) is 8.25. The van der Waals surface area contributed by atoms with Gasteiger partial charge in [0.15, 0.2) is 11.5 Å². The second-order valence-electron chi connectivity index (χ2n) is 5.34. The number of alkyl halides is 1. The molecule has 1 heterocycles. The van der Waals surface area contributed by atoms with E-state index in [9.17, 15) is 9.59 Å². The predicted molar refractivity (Wildman–Crippen MR) is 93.1 cm³/mol. The highest BCUT2D eigenvalue weighted by Crippen LogP contribution is 2.32. The molecule has 0 aliphatic carbocycles. The lowest BCUT2D eigenvalue weighted by Crippen LogP contribution is -2.24. The van der Waals surface area contributed by atoms with Gasteiger partial charge in [-0.1, -0.05) is 6.07 Å². The molecule has 7 nitrogen and oxygen atoms in total. The molecule has 0 unspecified atom stereocenters. The minimum absolute atomic E-state index is 0.0817. The first-order chi connectivity index (χ1) is 12.6. The Hall–Kier alpha value is -2.93. The summed E-state index contributed by atoms with van der Waals surface area (Å²) in [5.41, 5.74) is 1.04. The van der Waals surface area contributed by atoms with Gasteiger partial charge < -0.3 is 24.3 Å². The summed E-state index contributed by atoms with van der Waals surface area (Å²) in [5.74, 6) is 0.457. The molecule has 1 aliphatic heterocycles. The molecule has 3 rings (SSSR count). The van der Waals surface area contributed by atoms with Crippen LogP contribution in [0.2, 0.25) is 0 Å². The smallest absolute Gasteiger partial charge is 0.326 e. The highest BCUT2D eigenvalue weighted by Gasteiger charge is 2.17. The number of nitrogens with one attached hydrogen (secondary N) is 1. The van der Waals surface area contributed by atoms with Crippen LogP contribution in [0.25, 0.3) is 0 Å². The van der Waals surface area contributed by atoms with E-state index in [1.54, 1.807) is 18.2 Å². The van der Waals surface area contributed by atoms with Gasteiger partial charge >= 0.3 is 5.97 Å². The average molecular weight is 378 g/mol. The van der Waals surface area contributed by atoms with Crippen LogP contribution in [0.4, 0.5) is 0 Å². The normalized spacial score (nSPS) is 11.8. The monoisotopic (exact) mass is 377 g/mol. The van der Waals surface area contributed by atoms with Crippen molar-refractivity contribution in [3.8, 4) is 23.0 Å². The Morgan fingerprint density at radius 3 is 2.73 bits per heavy atom. The molecule has 0 saturated carbocycles. The van der Waals surface area contributed by atoms with Gasteiger partial charge in [-0.2, -0.15) is 0 Å². The Balaban J connectivity index is 1.73. The first kappa shape index (κ1) is 17.9. The molecular weight excluding hydrogens is 362 g/mol. The molecule has 2 aromatic carbocycles. The van der Waals surface area contributed by atoms with E-state index >= 15 is 0 Å². The summed E-state index contributed by atoms with van der Waals surface area (Å²) in [5, 5.41) is 2.78. The SMILES string of the molecule is COc1ccc(C(=O)NCc2ccc3c(c2)OCO3)c(OC(=O)CCl)c1. The zero-order valence-corrected chi connectivity index (χ0v) is 14.7. The number of rotatable bonds is 6. The molecule has 0 aromatic heterocycles. The van der Waals surface area contributed by atoms with Crippen molar-refractivity contribution in [1.29, 1.82) is 0 Å². The summed E-state index contributed by atoms with van der Waals surface area (Å²) in [6.45, 7) is 0.455. The van der Waals surface area contributed by atoms with Crippen molar-refractivity contribution in [2.45, 2.75) is 6.54 Å². The zero-order chi connectivity index (χ0) is 18.5. The first-order valence-electron chi connectivity index (χ1n) is 7.72. The van der Waals surface area contributed by atoms with Crippen molar-refractivity contribution < 1.29 is 28.5 Å². The highest BCUT2D eigenvalue weighted by molar-refractivity contribution is 6.26. The fourth-order valence-electron chi connectivity index (χ4n) is 2.38. The topological polar surface area (TPSA) is 83.1 Å². The molecule has 1 N–H and O–H groups in total. The van der Waals surface area contributed by atoms with E-state index in [0.29, 0.717) is 17.2 Å². The molecule has 2 aromatic rings. The van der Waals surface area contributed by atoms with Gasteiger partial charge in [0.05, 0.1) is 12.7 Å². The van der Waals surface area contributed by atoms with Gasteiger partial charge in [-0.05, 0) is 29.8 Å². The lowest BCUT2D eigenvalue weighted by atomic mass is 10.1. The van der Waals surface area contributed by atoms with E-state index in [1.807, 2.05) is 6.07 Å². The van der Waals surface area contributed by atoms with Crippen LogP contribution in [0.3, 0.4) is 0 Å². The maximum Gasteiger partial charge on any atom is 0.326 e. The Kier molecular flexibility index (Phi) is 5.48. The molecule has 0 atom stereocenters. The van der Waals surface area contributed by atoms with E-state index in [4.69, 9.17) is 30.5 Å². The van der Waals surface area contributed by atoms with E-state index in [-0.39, 0.29) is 30.5 Å². The lowest BCUT2D eigenvalue weighted by molar-refractivity contribution is -0.131. The van der Waals surface area contributed by atoms with Gasteiger partial charge in [-0.15, -0.1) is 11.6 Å². The summed E-state index contributed by atoms with van der Waals surface area (Å²) in [7, 11) is 1.47. The van der Waals surface area contributed by atoms with Crippen LogP contribution in [0.5, 0.6) is 23.0 Å². The summed E-state index contributed by atoms with van der Waals surface area (Å²) in [6.07, 6.45) is 0. The minimum atomic E-state index is -0.662. The number of amides is 1. The maximum absolute atomic E-state index is 12.5. The van der Waals surface area contributed by atoms with Crippen molar-refractivity contribution >= 4 is 23.5 Å². The lowest BCUT2D eigenvalue weighted by Gasteiger charge is -2.12. The number of fused-ring (bicyclic) bond motifs is 1. The van der Waals surface area contributed by atoms with E-state index in [2.05, 4.69) is 5.32 Å². The number of carbonyl (C=O) groups is 2. The van der Waals surface area contributed by atoms with Gasteiger partial charge in [0.2, 0.25) is 6.79 Å². The van der Waals surface area contributed by atoms with Gasteiger partial charge in [0.1, 0.15) is 17.4 Å². The van der Waals surface area contributed by atoms with Crippen molar-refractivity contribution in [2.75, 3.05) is 19.8 Å². The number of carbonyl (C=O) groups excluding carboxylic acids is 2. The Labute approximate surface area is 154 Å². The third-order valence-corrected chi connectivity index (χ3v) is 3.87. The number of ether oxygens (including phenoxy) is 4. The molecule has 8 heteroatoms. The molecule has 136 valence electrons. The molecule has 0 fully saturated rings. The van der Waals surface area contributed by atoms with Crippen LogP contribution < -0.4 is 24.3 Å². The van der Waals surface area contributed by atoms with Crippen LogP contribution in [0.1, 0.15) is 15.9 Å². The fourth-order valence-corrected chi connectivity index (χ4v) is 2.43. The van der Waals surface area contributed by atoms with Gasteiger partial charge in [0, 0.05) is 12.6 Å². The summed E-state index contributed by atoms with van der Waals surface area (Å²) in [4.78, 5) is 24.0. The standard InChI is InChI=1S/C18H16ClNO6/c1-23-12-3-4-13(15(7-12)26-17(21)8-19)18(22)20-9-11-2-5-14-16(6-11)25-10-24-14/h2-7H,8-10H2,1H3,(H,20,22). The third kappa shape index (κ3) is 4.00. The number of methoxy groups -OCH3 is 1. The second-order valence-corrected chi connectivity index (χ2v) is 5.61. The van der Waals surface area contributed by atoms with Crippen LogP contribution in [-0.2, 0) is 11.3 Å². The number of halogens is 1. The van der Waals surface area contributed by atoms with Crippen LogP contribution in [0.15, 0.2) is 36.4 Å². The third-order valence-electron chi connectivity index (χ3n) is 3.66. The molecule has 1 aliphatic rings. The van der Waals surface area contributed by atoms with Crippen molar-refractivity contribution in [3.63, 3.8) is 0 Å². The van der Waals surface area contributed by atoms with E-state index < -0.39 is 11.9 Å². The van der Waals surface area contributed by atoms with Gasteiger partial charge in [-0.3, -0.25) is 9.59 Å². The number of hydrogen-bond donors (Lipinski definition) is 1. The van der Waals surface area contributed by atoms with Gasteiger partial charge in [0.25, 0.3) is 5.91 Å². The number of esters is 1. The van der Waals surface area contributed by atoms with Crippen LogP contribution in [0, 0.1) is 0 Å². The Morgan fingerprint density at radius 2 is 1.96 bits per heavy atom. The van der Waals surface area contributed by atoms with Crippen molar-refractivity contribution in [3.05, 3.63) is 47.5 Å². The number of benzene rings is 2. The fraction of sp³-hybridized carbons (Fsp3) is 0.222. The van der Waals surface area contributed by atoms with Crippen LogP contribution in [-0.4, -0.2) is 31.7 Å². The quantitative estimate of drug-likeness (QED) is 0.473. The Bertz CT molecular complexity index is 838.